The lowest BCUT2D eigenvalue weighted by Crippen LogP contribution is -2.29. The largest absolute Gasteiger partial charge is 0.462 e. The van der Waals surface area contributed by atoms with Crippen LogP contribution in [-0.4, -0.2) is 30.4 Å². The molecule has 0 aliphatic heterocycles. The van der Waals surface area contributed by atoms with Gasteiger partial charge in [0.05, 0.1) is 18.1 Å². The number of esters is 1. The van der Waals surface area contributed by atoms with Crippen molar-refractivity contribution < 1.29 is 23.9 Å². The van der Waals surface area contributed by atoms with Crippen molar-refractivity contribution in [2.45, 2.75) is 32.7 Å². The van der Waals surface area contributed by atoms with E-state index in [4.69, 9.17) is 4.74 Å². The Balaban J connectivity index is 1.32. The average molecular weight is 579 g/mol. The van der Waals surface area contributed by atoms with Gasteiger partial charge in [0.2, 0.25) is 11.8 Å². The third-order valence-electron chi connectivity index (χ3n) is 6.67. The summed E-state index contributed by atoms with van der Waals surface area (Å²) >= 11 is 0. The number of hydrogen-bond acceptors (Lipinski definition) is 5. The number of amides is 4. The number of hydrogen-bond donors (Lipinski definition) is 4. The van der Waals surface area contributed by atoms with Gasteiger partial charge in [-0.2, -0.15) is 0 Å². The fourth-order valence-electron chi connectivity index (χ4n) is 4.34. The predicted molar refractivity (Wildman–Crippen MR) is 167 cm³/mol. The molecule has 4 N–H and O–H groups in total. The van der Waals surface area contributed by atoms with Gasteiger partial charge >= 0.3 is 12.0 Å². The molecule has 0 radical (unpaired) electrons. The number of urea groups is 1. The summed E-state index contributed by atoms with van der Waals surface area (Å²) in [6.07, 6.45) is -0.0601. The molecule has 9 heteroatoms. The lowest BCUT2D eigenvalue weighted by Gasteiger charge is -2.17. The maximum Gasteiger partial charge on any atom is 0.338 e. The highest BCUT2D eigenvalue weighted by Crippen LogP contribution is 2.23. The van der Waals surface area contributed by atoms with Crippen LogP contribution in [0.2, 0.25) is 0 Å². The Kier molecular flexibility index (Phi) is 10.6. The summed E-state index contributed by atoms with van der Waals surface area (Å²) < 4.78 is 5.00. The number of anilines is 3. The Labute approximate surface area is 250 Å². The smallest absolute Gasteiger partial charge is 0.338 e. The van der Waals surface area contributed by atoms with Gasteiger partial charge in [0.1, 0.15) is 0 Å². The molecule has 43 heavy (non-hydrogen) atoms. The van der Waals surface area contributed by atoms with Gasteiger partial charge in [-0.05, 0) is 73.0 Å². The third kappa shape index (κ3) is 9.02. The molecule has 0 spiro atoms. The zero-order valence-electron chi connectivity index (χ0n) is 24.1. The first-order valence-corrected chi connectivity index (χ1v) is 13.9. The van der Waals surface area contributed by atoms with E-state index in [1.165, 1.54) is 0 Å². The fraction of sp³-hybridized carbons (Fsp3) is 0.176. The summed E-state index contributed by atoms with van der Waals surface area (Å²) in [5.74, 6) is -1.80. The molecule has 0 aromatic heterocycles. The normalized spacial score (nSPS) is 11.1. The van der Waals surface area contributed by atoms with Gasteiger partial charge in [-0.1, -0.05) is 60.7 Å². The van der Waals surface area contributed by atoms with Gasteiger partial charge < -0.3 is 26.0 Å². The van der Waals surface area contributed by atoms with Crippen LogP contribution in [0.4, 0.5) is 21.9 Å². The minimum Gasteiger partial charge on any atom is -0.462 e. The molecule has 4 amide bonds. The molecule has 1 atom stereocenters. The summed E-state index contributed by atoms with van der Waals surface area (Å²) in [6, 6.07) is 29.8. The van der Waals surface area contributed by atoms with Crippen LogP contribution in [-0.2, 0) is 20.9 Å². The molecular weight excluding hydrogens is 544 g/mol. The Hall–Kier alpha value is -5.44. The number of aryl methyl sites for hydroxylation is 1. The number of carbonyl (C=O) groups is 4. The number of benzene rings is 4. The number of nitrogens with one attached hydrogen (secondary N) is 4. The van der Waals surface area contributed by atoms with Crippen molar-refractivity contribution in [2.24, 2.45) is 0 Å². The Morgan fingerprint density at radius 3 is 2.02 bits per heavy atom. The molecule has 4 aromatic carbocycles. The first-order valence-electron chi connectivity index (χ1n) is 13.9. The minimum atomic E-state index is -0.732. The van der Waals surface area contributed by atoms with Crippen LogP contribution in [0.3, 0.4) is 0 Å². The SMILES string of the molecule is CCOC(=O)c1ccc(NC(=O)C(CC(=O)NCc2ccc(NC(=O)Nc3ccccc3C)cc2)c2ccccc2)cc1. The molecule has 0 aliphatic carbocycles. The van der Waals surface area contributed by atoms with E-state index in [0.717, 1.165) is 16.8 Å². The van der Waals surface area contributed by atoms with Crippen molar-refractivity contribution in [3.63, 3.8) is 0 Å². The van der Waals surface area contributed by atoms with Crippen molar-refractivity contribution in [3.8, 4) is 0 Å². The van der Waals surface area contributed by atoms with E-state index in [1.54, 1.807) is 43.3 Å². The van der Waals surface area contributed by atoms with Crippen molar-refractivity contribution in [2.75, 3.05) is 22.6 Å². The third-order valence-corrected chi connectivity index (χ3v) is 6.67. The van der Waals surface area contributed by atoms with Crippen LogP contribution in [0.15, 0.2) is 103 Å². The summed E-state index contributed by atoms with van der Waals surface area (Å²) in [5.41, 5.74) is 4.72. The van der Waals surface area contributed by atoms with E-state index in [1.807, 2.05) is 73.7 Å². The number of ether oxygens (including phenoxy) is 1. The van der Waals surface area contributed by atoms with Crippen molar-refractivity contribution in [1.29, 1.82) is 0 Å². The summed E-state index contributed by atoms with van der Waals surface area (Å²) in [5, 5.41) is 11.3. The topological polar surface area (TPSA) is 126 Å². The molecule has 4 aromatic rings. The summed E-state index contributed by atoms with van der Waals surface area (Å²) in [4.78, 5) is 50.5. The first-order chi connectivity index (χ1) is 20.8. The highest BCUT2D eigenvalue weighted by atomic mass is 16.5. The molecule has 0 fully saturated rings. The second-order valence-electron chi connectivity index (χ2n) is 9.82. The van der Waals surface area contributed by atoms with E-state index in [2.05, 4.69) is 21.3 Å². The lowest BCUT2D eigenvalue weighted by atomic mass is 9.94. The van der Waals surface area contributed by atoms with E-state index < -0.39 is 11.9 Å². The Morgan fingerprint density at radius 2 is 1.35 bits per heavy atom. The quantitative estimate of drug-likeness (QED) is 0.157. The van der Waals surface area contributed by atoms with Gasteiger partial charge in [0.25, 0.3) is 0 Å². The number of carbonyl (C=O) groups excluding carboxylic acids is 4. The highest BCUT2D eigenvalue weighted by Gasteiger charge is 2.24. The van der Waals surface area contributed by atoms with Crippen LogP contribution < -0.4 is 21.3 Å². The molecule has 9 nitrogen and oxygen atoms in total. The molecule has 0 bridgehead atoms. The van der Waals surface area contributed by atoms with Crippen LogP contribution in [0.25, 0.3) is 0 Å². The zero-order chi connectivity index (χ0) is 30.6. The summed E-state index contributed by atoms with van der Waals surface area (Å²) in [6.45, 7) is 4.18. The van der Waals surface area contributed by atoms with E-state index in [0.29, 0.717) is 22.5 Å². The molecule has 0 saturated carbocycles. The summed E-state index contributed by atoms with van der Waals surface area (Å²) in [7, 11) is 0. The van der Waals surface area contributed by atoms with E-state index in [-0.39, 0.29) is 37.4 Å². The Morgan fingerprint density at radius 1 is 0.721 bits per heavy atom. The van der Waals surface area contributed by atoms with Crippen LogP contribution in [0.5, 0.6) is 0 Å². The van der Waals surface area contributed by atoms with Gasteiger partial charge in [-0.3, -0.25) is 9.59 Å². The molecule has 0 aliphatic rings. The molecular formula is C34H34N4O5. The lowest BCUT2D eigenvalue weighted by molar-refractivity contribution is -0.125. The van der Waals surface area contributed by atoms with Crippen molar-refractivity contribution in [3.05, 3.63) is 125 Å². The minimum absolute atomic E-state index is 0.0601. The maximum absolute atomic E-state index is 13.3. The predicted octanol–water partition coefficient (Wildman–Crippen LogP) is 6.24. The maximum atomic E-state index is 13.3. The van der Waals surface area contributed by atoms with Gasteiger partial charge in [0.15, 0.2) is 0 Å². The second-order valence-corrected chi connectivity index (χ2v) is 9.82. The van der Waals surface area contributed by atoms with Crippen LogP contribution in [0.1, 0.15) is 46.3 Å². The van der Waals surface area contributed by atoms with E-state index in [9.17, 15) is 19.2 Å². The van der Waals surface area contributed by atoms with Crippen LogP contribution in [0, 0.1) is 6.92 Å². The second kappa shape index (κ2) is 15.0. The number of rotatable bonds is 11. The molecule has 220 valence electrons. The fourth-order valence-corrected chi connectivity index (χ4v) is 4.34. The van der Waals surface area contributed by atoms with E-state index >= 15 is 0 Å². The molecule has 1 unspecified atom stereocenters. The first kappa shape index (κ1) is 30.5. The Bertz CT molecular complexity index is 1550. The number of para-hydroxylation sites is 1. The van der Waals surface area contributed by atoms with Gasteiger partial charge in [0, 0.05) is 30.0 Å². The van der Waals surface area contributed by atoms with Crippen molar-refractivity contribution >= 4 is 40.9 Å². The van der Waals surface area contributed by atoms with Gasteiger partial charge in [-0.25, -0.2) is 9.59 Å². The monoisotopic (exact) mass is 578 g/mol. The average Bonchev–Trinajstić information content (AvgIpc) is 3.01. The zero-order valence-corrected chi connectivity index (χ0v) is 24.1. The molecule has 0 saturated heterocycles. The van der Waals surface area contributed by atoms with Crippen LogP contribution >= 0.6 is 0 Å². The highest BCUT2D eigenvalue weighted by molar-refractivity contribution is 6.00. The van der Waals surface area contributed by atoms with Gasteiger partial charge in [-0.15, -0.1) is 0 Å². The molecule has 4 rings (SSSR count). The molecule has 0 heterocycles. The van der Waals surface area contributed by atoms with Crippen molar-refractivity contribution in [1.82, 2.24) is 5.32 Å². The standard InChI is InChI=1S/C34H34N4O5/c1-3-43-33(41)26-15-19-27(20-16-26)36-32(40)29(25-10-5-4-6-11-25)21-31(39)35-22-24-13-17-28(18-14-24)37-34(42)38-30-12-8-7-9-23(30)2/h4-20,29H,3,21-22H2,1-2H3,(H,35,39)(H,36,40)(H2,37,38,42).